The van der Waals surface area contributed by atoms with E-state index in [1.54, 1.807) is 0 Å². The van der Waals surface area contributed by atoms with E-state index in [4.69, 9.17) is 0 Å². The average Bonchev–Trinajstić information content (AvgIpc) is 3.00. The molecular formula is C12H17N5. The summed E-state index contributed by atoms with van der Waals surface area (Å²) in [5, 5.41) is 8.54. The summed E-state index contributed by atoms with van der Waals surface area (Å²) in [6.45, 7) is 2.16. The van der Waals surface area contributed by atoms with Crippen LogP contribution >= 0.6 is 0 Å². The van der Waals surface area contributed by atoms with Crippen LogP contribution < -0.4 is 4.90 Å². The van der Waals surface area contributed by atoms with Gasteiger partial charge in [-0.15, -0.1) is 0 Å². The van der Waals surface area contributed by atoms with E-state index in [0.717, 1.165) is 25.9 Å². The molecule has 1 aliphatic heterocycles. The number of aromatic nitrogens is 4. The maximum absolute atomic E-state index is 4.32. The van der Waals surface area contributed by atoms with Gasteiger partial charge in [-0.25, -0.2) is 0 Å². The fourth-order valence-corrected chi connectivity index (χ4v) is 2.46. The van der Waals surface area contributed by atoms with Crippen LogP contribution in [0.2, 0.25) is 0 Å². The van der Waals surface area contributed by atoms with E-state index in [9.17, 15) is 0 Å². The molecule has 17 heavy (non-hydrogen) atoms. The molecule has 5 heteroatoms. The molecule has 0 saturated carbocycles. The number of hydrogen-bond donors (Lipinski definition) is 0. The highest BCUT2D eigenvalue weighted by Gasteiger charge is 2.21. The van der Waals surface area contributed by atoms with Gasteiger partial charge in [0.05, 0.1) is 17.9 Å². The Kier molecular flexibility index (Phi) is 2.59. The molecule has 0 N–H and O–H groups in total. The molecule has 3 rings (SSSR count). The Labute approximate surface area is 101 Å². The van der Waals surface area contributed by atoms with Crippen molar-refractivity contribution in [3.63, 3.8) is 0 Å². The minimum absolute atomic E-state index is 0.554. The second-order valence-electron chi connectivity index (χ2n) is 4.58. The van der Waals surface area contributed by atoms with Gasteiger partial charge in [-0.05, 0) is 18.9 Å². The number of rotatable bonds is 2. The van der Waals surface area contributed by atoms with Gasteiger partial charge in [-0.3, -0.25) is 9.36 Å². The third-order valence-electron chi connectivity index (χ3n) is 3.42. The van der Waals surface area contributed by atoms with Gasteiger partial charge in [-0.2, -0.15) is 10.2 Å². The Morgan fingerprint density at radius 3 is 2.65 bits per heavy atom. The topological polar surface area (TPSA) is 38.9 Å². The number of hydrogen-bond acceptors (Lipinski definition) is 3. The molecule has 1 fully saturated rings. The van der Waals surface area contributed by atoms with Crippen molar-refractivity contribution in [2.75, 3.05) is 18.0 Å². The van der Waals surface area contributed by atoms with Gasteiger partial charge >= 0.3 is 0 Å². The molecule has 5 nitrogen and oxygen atoms in total. The van der Waals surface area contributed by atoms with Crippen molar-refractivity contribution < 1.29 is 0 Å². The standard InChI is InChI=1S/C12H17N5/c1-15-10-12(9-14-15)16-7-3-11(4-8-16)17-6-2-5-13-17/h2,5-6,9-11H,3-4,7-8H2,1H3. The molecule has 0 radical (unpaired) electrons. The SMILES string of the molecule is Cn1cc(N2CCC(n3cccn3)CC2)cn1. The Hall–Kier alpha value is -1.78. The zero-order chi connectivity index (χ0) is 11.7. The molecule has 0 atom stereocenters. The van der Waals surface area contributed by atoms with Crippen LogP contribution in [0.15, 0.2) is 30.9 Å². The van der Waals surface area contributed by atoms with Gasteiger partial charge in [0.2, 0.25) is 0 Å². The number of anilines is 1. The first-order valence-electron chi connectivity index (χ1n) is 6.05. The van der Waals surface area contributed by atoms with Crippen molar-refractivity contribution in [1.29, 1.82) is 0 Å². The van der Waals surface area contributed by atoms with E-state index in [1.807, 2.05) is 30.2 Å². The average molecular weight is 231 g/mol. The molecule has 90 valence electrons. The van der Waals surface area contributed by atoms with Crippen molar-refractivity contribution in [3.05, 3.63) is 30.9 Å². The van der Waals surface area contributed by atoms with Crippen LogP contribution in [0.25, 0.3) is 0 Å². The summed E-state index contributed by atoms with van der Waals surface area (Å²) >= 11 is 0. The number of nitrogens with zero attached hydrogens (tertiary/aromatic N) is 5. The van der Waals surface area contributed by atoms with E-state index in [1.165, 1.54) is 5.69 Å². The Balaban J connectivity index is 1.64. The third kappa shape index (κ3) is 2.05. The Bertz CT molecular complexity index is 465. The first-order valence-corrected chi connectivity index (χ1v) is 6.05. The lowest BCUT2D eigenvalue weighted by molar-refractivity contribution is 0.367. The van der Waals surface area contributed by atoms with Crippen molar-refractivity contribution in [2.24, 2.45) is 7.05 Å². The molecule has 0 spiro atoms. The lowest BCUT2D eigenvalue weighted by Crippen LogP contribution is -2.34. The summed E-state index contributed by atoms with van der Waals surface area (Å²) in [5.41, 5.74) is 1.23. The predicted molar refractivity (Wildman–Crippen MR) is 65.9 cm³/mol. The molecule has 0 bridgehead atoms. The van der Waals surface area contributed by atoms with Crippen LogP contribution in [-0.2, 0) is 7.05 Å². The van der Waals surface area contributed by atoms with Crippen LogP contribution in [0.3, 0.4) is 0 Å². The highest BCUT2D eigenvalue weighted by Crippen LogP contribution is 2.25. The smallest absolute Gasteiger partial charge is 0.0752 e. The fourth-order valence-electron chi connectivity index (χ4n) is 2.46. The van der Waals surface area contributed by atoms with Gasteiger partial charge in [-0.1, -0.05) is 0 Å². The molecule has 0 aliphatic carbocycles. The van der Waals surface area contributed by atoms with Crippen molar-refractivity contribution in [1.82, 2.24) is 19.6 Å². The van der Waals surface area contributed by atoms with Gasteiger partial charge in [0, 0.05) is 38.7 Å². The van der Waals surface area contributed by atoms with Gasteiger partial charge in [0.1, 0.15) is 0 Å². The maximum atomic E-state index is 4.32. The summed E-state index contributed by atoms with van der Waals surface area (Å²) in [6.07, 6.45) is 10.2. The van der Waals surface area contributed by atoms with E-state index >= 15 is 0 Å². The summed E-state index contributed by atoms with van der Waals surface area (Å²) in [6, 6.07) is 2.55. The highest BCUT2D eigenvalue weighted by atomic mass is 15.3. The van der Waals surface area contributed by atoms with Crippen LogP contribution in [0.5, 0.6) is 0 Å². The van der Waals surface area contributed by atoms with Crippen molar-refractivity contribution in [3.8, 4) is 0 Å². The molecular weight excluding hydrogens is 214 g/mol. The van der Waals surface area contributed by atoms with Gasteiger partial charge in [0.15, 0.2) is 0 Å². The van der Waals surface area contributed by atoms with Crippen LogP contribution in [-0.4, -0.2) is 32.7 Å². The van der Waals surface area contributed by atoms with Crippen LogP contribution in [0.1, 0.15) is 18.9 Å². The minimum Gasteiger partial charge on any atom is -0.369 e. The summed E-state index contributed by atoms with van der Waals surface area (Å²) < 4.78 is 3.94. The summed E-state index contributed by atoms with van der Waals surface area (Å²) in [7, 11) is 1.96. The van der Waals surface area contributed by atoms with E-state index in [2.05, 4.69) is 32.2 Å². The summed E-state index contributed by atoms with van der Waals surface area (Å²) in [4.78, 5) is 2.40. The summed E-state index contributed by atoms with van der Waals surface area (Å²) in [5.74, 6) is 0. The van der Waals surface area contributed by atoms with Crippen molar-refractivity contribution >= 4 is 5.69 Å². The quantitative estimate of drug-likeness (QED) is 0.785. The van der Waals surface area contributed by atoms with Gasteiger partial charge < -0.3 is 4.90 Å². The minimum atomic E-state index is 0.554. The molecule has 2 aromatic rings. The monoisotopic (exact) mass is 231 g/mol. The second-order valence-corrected chi connectivity index (χ2v) is 4.58. The predicted octanol–water partition coefficient (Wildman–Crippen LogP) is 1.46. The maximum Gasteiger partial charge on any atom is 0.0752 e. The molecule has 0 aromatic carbocycles. The lowest BCUT2D eigenvalue weighted by Gasteiger charge is -2.32. The second kappa shape index (κ2) is 4.24. The first kappa shape index (κ1) is 10.4. The molecule has 0 unspecified atom stereocenters. The number of aryl methyl sites for hydroxylation is 1. The normalized spacial score (nSPS) is 17.6. The van der Waals surface area contributed by atoms with E-state index in [0.29, 0.717) is 6.04 Å². The Morgan fingerprint density at radius 1 is 1.24 bits per heavy atom. The van der Waals surface area contributed by atoms with E-state index in [-0.39, 0.29) is 0 Å². The third-order valence-corrected chi connectivity index (χ3v) is 3.42. The zero-order valence-electron chi connectivity index (χ0n) is 10.0. The molecule has 3 heterocycles. The van der Waals surface area contributed by atoms with Crippen LogP contribution in [0, 0.1) is 0 Å². The van der Waals surface area contributed by atoms with Gasteiger partial charge in [0.25, 0.3) is 0 Å². The van der Waals surface area contributed by atoms with Crippen molar-refractivity contribution in [2.45, 2.75) is 18.9 Å². The fraction of sp³-hybridized carbons (Fsp3) is 0.500. The largest absolute Gasteiger partial charge is 0.369 e. The number of piperidine rings is 1. The molecule has 1 aliphatic rings. The molecule has 1 saturated heterocycles. The van der Waals surface area contributed by atoms with Crippen LogP contribution in [0.4, 0.5) is 5.69 Å². The van der Waals surface area contributed by atoms with E-state index < -0.39 is 0 Å². The highest BCUT2D eigenvalue weighted by molar-refractivity contribution is 5.42. The lowest BCUT2D eigenvalue weighted by atomic mass is 10.1. The first-order chi connectivity index (χ1) is 8.33. The molecule has 0 amide bonds. The molecule has 2 aromatic heterocycles. The zero-order valence-corrected chi connectivity index (χ0v) is 10.0. The Morgan fingerprint density at radius 2 is 2.06 bits per heavy atom.